The molecule has 6 nitrogen and oxygen atoms in total. The van der Waals surface area contributed by atoms with Crippen LogP contribution >= 0.6 is 11.3 Å². The van der Waals surface area contributed by atoms with E-state index in [0.717, 1.165) is 36.8 Å². The summed E-state index contributed by atoms with van der Waals surface area (Å²) in [5.74, 6) is 0.676. The highest BCUT2D eigenvalue weighted by Gasteiger charge is 2.34. The van der Waals surface area contributed by atoms with Gasteiger partial charge in [-0.1, -0.05) is 37.3 Å². The molecule has 2 saturated heterocycles. The normalized spacial score (nSPS) is 24.2. The summed E-state index contributed by atoms with van der Waals surface area (Å²) in [4.78, 5) is 19.9. The summed E-state index contributed by atoms with van der Waals surface area (Å²) in [5.41, 5.74) is 8.50. The van der Waals surface area contributed by atoms with E-state index in [1.807, 2.05) is 30.3 Å². The number of rotatable bonds is 5. The van der Waals surface area contributed by atoms with Crippen molar-refractivity contribution >= 4 is 22.4 Å². The Morgan fingerprint density at radius 2 is 2.07 bits per heavy atom. The van der Waals surface area contributed by atoms with Crippen LogP contribution in [0.2, 0.25) is 0 Å². The van der Waals surface area contributed by atoms with Crippen LogP contribution in [0.1, 0.15) is 37.1 Å². The van der Waals surface area contributed by atoms with E-state index in [4.69, 9.17) is 0 Å². The van der Waals surface area contributed by atoms with Gasteiger partial charge in [0.15, 0.2) is 5.13 Å². The molecule has 0 saturated carbocycles. The minimum absolute atomic E-state index is 0.00838. The lowest BCUT2D eigenvalue weighted by Crippen LogP contribution is -2.32. The number of piperidine rings is 1. The SMILES string of the molecule is CC1CCN(Cc2csc(NC(=O)C3CNNC3c3ccccc3)n2)CC1. The largest absolute Gasteiger partial charge is 0.302 e. The van der Waals surface area contributed by atoms with E-state index < -0.39 is 0 Å². The topological polar surface area (TPSA) is 69.3 Å². The van der Waals surface area contributed by atoms with Crippen LogP contribution in [-0.2, 0) is 11.3 Å². The van der Waals surface area contributed by atoms with Crippen molar-refractivity contribution in [1.29, 1.82) is 0 Å². The van der Waals surface area contributed by atoms with Crippen LogP contribution in [0, 0.1) is 11.8 Å². The van der Waals surface area contributed by atoms with Gasteiger partial charge < -0.3 is 5.32 Å². The Kier molecular flexibility index (Phi) is 5.83. The molecule has 0 radical (unpaired) electrons. The Morgan fingerprint density at radius 1 is 1.30 bits per heavy atom. The predicted octanol–water partition coefficient (Wildman–Crippen LogP) is 2.78. The van der Waals surface area contributed by atoms with E-state index in [1.165, 1.54) is 24.2 Å². The second kappa shape index (κ2) is 8.48. The van der Waals surface area contributed by atoms with Crippen molar-refractivity contribution in [3.05, 3.63) is 47.0 Å². The van der Waals surface area contributed by atoms with Gasteiger partial charge in [-0.2, -0.15) is 0 Å². The van der Waals surface area contributed by atoms with Crippen molar-refractivity contribution in [2.24, 2.45) is 11.8 Å². The quantitative estimate of drug-likeness (QED) is 0.738. The fraction of sp³-hybridized carbons (Fsp3) is 0.500. The van der Waals surface area contributed by atoms with Crippen LogP contribution in [0.25, 0.3) is 0 Å². The van der Waals surface area contributed by atoms with E-state index in [9.17, 15) is 4.79 Å². The average Bonchev–Trinajstić information content (AvgIpc) is 3.34. The van der Waals surface area contributed by atoms with E-state index in [0.29, 0.717) is 11.7 Å². The number of amides is 1. The average molecular weight is 386 g/mol. The van der Waals surface area contributed by atoms with Crippen LogP contribution in [0.3, 0.4) is 0 Å². The van der Waals surface area contributed by atoms with Crippen LogP contribution in [0.4, 0.5) is 5.13 Å². The lowest BCUT2D eigenvalue weighted by Gasteiger charge is -2.29. The lowest BCUT2D eigenvalue weighted by atomic mass is 9.94. The monoisotopic (exact) mass is 385 g/mol. The molecular weight excluding hydrogens is 358 g/mol. The molecule has 0 aliphatic carbocycles. The number of nitrogens with one attached hydrogen (secondary N) is 3. The molecule has 144 valence electrons. The van der Waals surface area contributed by atoms with Gasteiger partial charge in [0.05, 0.1) is 17.7 Å². The molecule has 3 N–H and O–H groups in total. The van der Waals surface area contributed by atoms with E-state index in [1.54, 1.807) is 0 Å². The van der Waals surface area contributed by atoms with E-state index >= 15 is 0 Å². The molecule has 0 bridgehead atoms. The van der Waals surface area contributed by atoms with Gasteiger partial charge in [-0.15, -0.1) is 11.3 Å². The van der Waals surface area contributed by atoms with Crippen molar-refractivity contribution in [3.8, 4) is 0 Å². The van der Waals surface area contributed by atoms with Crippen molar-refractivity contribution in [3.63, 3.8) is 0 Å². The van der Waals surface area contributed by atoms with Gasteiger partial charge in [0.25, 0.3) is 0 Å². The molecule has 3 heterocycles. The first-order valence-corrected chi connectivity index (χ1v) is 10.6. The number of carbonyl (C=O) groups excluding carboxylic acids is 1. The molecule has 2 aromatic rings. The molecule has 1 aromatic heterocycles. The summed E-state index contributed by atoms with van der Waals surface area (Å²) < 4.78 is 0. The smallest absolute Gasteiger partial charge is 0.232 e. The molecular formula is C20H27N5OS. The number of aromatic nitrogens is 1. The van der Waals surface area contributed by atoms with Crippen LogP contribution in [-0.4, -0.2) is 35.4 Å². The first-order chi connectivity index (χ1) is 13.2. The Bertz CT molecular complexity index is 757. The summed E-state index contributed by atoms with van der Waals surface area (Å²) in [6, 6.07) is 10.1. The number of likely N-dealkylation sites (tertiary alicyclic amines) is 1. The van der Waals surface area contributed by atoms with Gasteiger partial charge in [0.2, 0.25) is 5.91 Å². The van der Waals surface area contributed by atoms with Crippen molar-refractivity contribution in [2.45, 2.75) is 32.4 Å². The number of hydrazine groups is 1. The molecule has 27 heavy (non-hydrogen) atoms. The Morgan fingerprint density at radius 3 is 2.85 bits per heavy atom. The van der Waals surface area contributed by atoms with Gasteiger partial charge >= 0.3 is 0 Å². The maximum Gasteiger partial charge on any atom is 0.232 e. The number of nitrogens with zero attached hydrogens (tertiary/aromatic N) is 2. The number of anilines is 1. The Balaban J connectivity index is 1.35. The first kappa shape index (κ1) is 18.6. The third-order valence-electron chi connectivity index (χ3n) is 5.52. The van der Waals surface area contributed by atoms with Gasteiger partial charge in [-0.3, -0.25) is 15.1 Å². The zero-order chi connectivity index (χ0) is 18.6. The number of hydrogen-bond acceptors (Lipinski definition) is 6. The van der Waals surface area contributed by atoms with Crippen molar-refractivity contribution in [1.82, 2.24) is 20.7 Å². The Hall–Kier alpha value is -1.80. The van der Waals surface area contributed by atoms with Crippen LogP contribution in [0.15, 0.2) is 35.7 Å². The summed E-state index contributed by atoms with van der Waals surface area (Å²) in [6.45, 7) is 6.08. The maximum absolute atomic E-state index is 12.8. The zero-order valence-corrected chi connectivity index (χ0v) is 16.5. The second-order valence-electron chi connectivity index (χ2n) is 7.61. The molecule has 1 amide bonds. The molecule has 1 aromatic carbocycles. The standard InChI is InChI=1S/C20H27N5OS/c1-14-7-9-25(10-8-14)12-16-13-27-20(22-16)23-19(26)17-11-21-24-18(17)15-5-3-2-4-6-15/h2-6,13-14,17-18,21,24H,7-12H2,1H3,(H,22,23,26). The molecule has 4 rings (SSSR count). The number of carbonyl (C=O) groups is 1. The second-order valence-corrected chi connectivity index (χ2v) is 8.47. The third-order valence-corrected chi connectivity index (χ3v) is 6.33. The molecule has 2 aliphatic heterocycles. The molecule has 2 fully saturated rings. The number of thiazole rings is 1. The van der Waals surface area contributed by atoms with Crippen LogP contribution in [0.5, 0.6) is 0 Å². The van der Waals surface area contributed by atoms with Crippen molar-refractivity contribution in [2.75, 3.05) is 25.0 Å². The third kappa shape index (κ3) is 4.55. The summed E-state index contributed by atoms with van der Waals surface area (Å²) in [7, 11) is 0. The summed E-state index contributed by atoms with van der Waals surface area (Å²) in [5, 5.41) is 5.77. The lowest BCUT2D eigenvalue weighted by molar-refractivity contribution is -0.119. The van der Waals surface area contributed by atoms with Gasteiger partial charge in [-0.25, -0.2) is 10.4 Å². The minimum Gasteiger partial charge on any atom is -0.302 e. The number of hydrogen-bond donors (Lipinski definition) is 3. The molecule has 2 aliphatic rings. The molecule has 2 unspecified atom stereocenters. The fourth-order valence-corrected chi connectivity index (χ4v) is 4.51. The highest BCUT2D eigenvalue weighted by atomic mass is 32.1. The van der Waals surface area contributed by atoms with Gasteiger partial charge in [0.1, 0.15) is 0 Å². The highest BCUT2D eigenvalue weighted by Crippen LogP contribution is 2.27. The van der Waals surface area contributed by atoms with E-state index in [2.05, 4.69) is 38.4 Å². The van der Waals surface area contributed by atoms with E-state index in [-0.39, 0.29) is 17.9 Å². The summed E-state index contributed by atoms with van der Waals surface area (Å²) in [6.07, 6.45) is 2.52. The van der Waals surface area contributed by atoms with Gasteiger partial charge in [-0.05, 0) is 37.4 Å². The number of benzene rings is 1. The zero-order valence-electron chi connectivity index (χ0n) is 15.6. The summed E-state index contributed by atoms with van der Waals surface area (Å²) >= 11 is 1.51. The molecule has 0 spiro atoms. The fourth-order valence-electron chi connectivity index (χ4n) is 3.80. The Labute approximate surface area is 164 Å². The van der Waals surface area contributed by atoms with Crippen LogP contribution < -0.4 is 16.2 Å². The predicted molar refractivity (Wildman–Crippen MR) is 108 cm³/mol. The van der Waals surface area contributed by atoms with Crippen molar-refractivity contribution < 1.29 is 4.79 Å². The minimum atomic E-state index is -0.164. The van der Waals surface area contributed by atoms with Gasteiger partial charge in [0, 0.05) is 18.5 Å². The molecule has 7 heteroatoms. The highest BCUT2D eigenvalue weighted by molar-refractivity contribution is 7.13. The maximum atomic E-state index is 12.8. The molecule has 2 atom stereocenters. The first-order valence-electron chi connectivity index (χ1n) is 9.70.